The predicted octanol–water partition coefficient (Wildman–Crippen LogP) is 5.36. The highest BCUT2D eigenvalue weighted by Gasteiger charge is 2.24. The molecule has 0 spiro atoms. The summed E-state index contributed by atoms with van der Waals surface area (Å²) in [5.41, 5.74) is 3.53. The van der Waals surface area contributed by atoms with E-state index in [1.54, 1.807) is 11.3 Å². The molecule has 1 aliphatic carbocycles. The van der Waals surface area contributed by atoms with Crippen LogP contribution in [0.3, 0.4) is 0 Å². The molecule has 21 heavy (non-hydrogen) atoms. The normalized spacial score (nSPS) is 25.8. The summed E-state index contributed by atoms with van der Waals surface area (Å²) in [6, 6.07) is 9.35. The molecule has 1 N–H and O–H groups in total. The number of aryl methyl sites for hydroxylation is 1. The molecular weight excluding hydrogens is 276 g/mol. The molecule has 3 heteroatoms. The lowest BCUT2D eigenvalue weighted by Gasteiger charge is -2.33. The first kappa shape index (κ1) is 14.6. The van der Waals surface area contributed by atoms with Crippen molar-refractivity contribution in [3.05, 3.63) is 34.7 Å². The SMILES string of the molecule is Cc1nc(-c2ccc(NC3CCC(C)C(C)C3)cc2)cs1. The molecule has 0 radical (unpaired) electrons. The highest BCUT2D eigenvalue weighted by Crippen LogP contribution is 2.31. The second kappa shape index (κ2) is 6.18. The predicted molar refractivity (Wildman–Crippen MR) is 91.9 cm³/mol. The first-order valence-electron chi connectivity index (χ1n) is 7.91. The Hall–Kier alpha value is -1.35. The number of aromatic nitrogens is 1. The highest BCUT2D eigenvalue weighted by atomic mass is 32.1. The molecular formula is C18H24N2S. The van der Waals surface area contributed by atoms with Crippen LogP contribution in [-0.2, 0) is 0 Å². The highest BCUT2D eigenvalue weighted by molar-refractivity contribution is 7.09. The van der Waals surface area contributed by atoms with Gasteiger partial charge in [0.2, 0.25) is 0 Å². The van der Waals surface area contributed by atoms with Gasteiger partial charge in [0.1, 0.15) is 0 Å². The van der Waals surface area contributed by atoms with Gasteiger partial charge in [-0.2, -0.15) is 0 Å². The van der Waals surface area contributed by atoms with E-state index in [9.17, 15) is 0 Å². The van der Waals surface area contributed by atoms with E-state index < -0.39 is 0 Å². The minimum atomic E-state index is 0.628. The van der Waals surface area contributed by atoms with Crippen molar-refractivity contribution in [1.82, 2.24) is 4.98 Å². The van der Waals surface area contributed by atoms with Crippen LogP contribution in [0, 0.1) is 18.8 Å². The third-order valence-corrected chi connectivity index (χ3v) is 5.54. The molecule has 2 aromatic rings. The Morgan fingerprint density at radius 2 is 1.86 bits per heavy atom. The molecule has 112 valence electrons. The Morgan fingerprint density at radius 3 is 2.48 bits per heavy atom. The number of anilines is 1. The largest absolute Gasteiger partial charge is 0.382 e. The molecule has 0 bridgehead atoms. The van der Waals surface area contributed by atoms with E-state index in [1.165, 1.54) is 30.5 Å². The zero-order valence-corrected chi connectivity index (χ0v) is 13.9. The third-order valence-electron chi connectivity index (χ3n) is 4.77. The standard InChI is InChI=1S/C18H24N2S/c1-12-4-7-17(10-13(12)2)20-16-8-5-15(6-9-16)18-11-21-14(3)19-18/h5-6,8-9,11-13,17,20H,4,7,10H2,1-3H3. The maximum absolute atomic E-state index is 4.54. The molecule has 2 nitrogen and oxygen atoms in total. The summed E-state index contributed by atoms with van der Waals surface area (Å²) < 4.78 is 0. The van der Waals surface area contributed by atoms with Gasteiger partial charge in [-0.1, -0.05) is 26.0 Å². The van der Waals surface area contributed by atoms with Crippen molar-refractivity contribution in [2.24, 2.45) is 11.8 Å². The van der Waals surface area contributed by atoms with Gasteiger partial charge >= 0.3 is 0 Å². The monoisotopic (exact) mass is 300 g/mol. The van der Waals surface area contributed by atoms with Crippen LogP contribution in [-0.4, -0.2) is 11.0 Å². The summed E-state index contributed by atoms with van der Waals surface area (Å²) in [6.07, 6.45) is 3.92. The Balaban J connectivity index is 1.65. The van der Waals surface area contributed by atoms with Crippen molar-refractivity contribution in [2.45, 2.75) is 46.1 Å². The lowest BCUT2D eigenvalue weighted by molar-refractivity contribution is 0.261. The number of thiazole rings is 1. The quantitative estimate of drug-likeness (QED) is 0.826. The van der Waals surface area contributed by atoms with Crippen LogP contribution in [0.15, 0.2) is 29.6 Å². The van der Waals surface area contributed by atoms with Gasteiger partial charge in [-0.3, -0.25) is 0 Å². The summed E-state index contributed by atoms with van der Waals surface area (Å²) >= 11 is 1.71. The van der Waals surface area contributed by atoms with Gasteiger partial charge in [0.05, 0.1) is 10.7 Å². The summed E-state index contributed by atoms with van der Waals surface area (Å²) in [5.74, 6) is 1.70. The van der Waals surface area contributed by atoms with Gasteiger partial charge in [-0.25, -0.2) is 4.98 Å². The van der Waals surface area contributed by atoms with Gasteiger partial charge in [-0.05, 0) is 50.2 Å². The molecule has 1 saturated carbocycles. The molecule has 1 aliphatic rings. The molecule has 3 unspecified atom stereocenters. The minimum Gasteiger partial charge on any atom is -0.382 e. The number of hydrogen-bond donors (Lipinski definition) is 1. The molecule has 1 aromatic heterocycles. The van der Waals surface area contributed by atoms with Crippen molar-refractivity contribution in [1.29, 1.82) is 0 Å². The number of hydrogen-bond acceptors (Lipinski definition) is 3. The van der Waals surface area contributed by atoms with Crippen LogP contribution in [0.2, 0.25) is 0 Å². The molecule has 0 aliphatic heterocycles. The smallest absolute Gasteiger partial charge is 0.0901 e. The topological polar surface area (TPSA) is 24.9 Å². The maximum Gasteiger partial charge on any atom is 0.0901 e. The van der Waals surface area contributed by atoms with Crippen molar-refractivity contribution in [3.8, 4) is 11.3 Å². The molecule has 1 heterocycles. The van der Waals surface area contributed by atoms with Crippen LogP contribution in [0.1, 0.15) is 38.1 Å². The van der Waals surface area contributed by atoms with E-state index in [-0.39, 0.29) is 0 Å². The average Bonchev–Trinajstić information content (AvgIpc) is 2.90. The lowest BCUT2D eigenvalue weighted by atomic mass is 9.79. The van der Waals surface area contributed by atoms with Crippen LogP contribution in [0.4, 0.5) is 5.69 Å². The first-order valence-corrected chi connectivity index (χ1v) is 8.79. The fourth-order valence-electron chi connectivity index (χ4n) is 3.15. The van der Waals surface area contributed by atoms with E-state index >= 15 is 0 Å². The average molecular weight is 300 g/mol. The van der Waals surface area contributed by atoms with Gasteiger partial charge in [0, 0.05) is 22.7 Å². The van der Waals surface area contributed by atoms with Gasteiger partial charge in [0.25, 0.3) is 0 Å². The van der Waals surface area contributed by atoms with Crippen LogP contribution in [0.25, 0.3) is 11.3 Å². The van der Waals surface area contributed by atoms with E-state index in [1.807, 2.05) is 0 Å². The van der Waals surface area contributed by atoms with Gasteiger partial charge in [0.15, 0.2) is 0 Å². The van der Waals surface area contributed by atoms with Crippen molar-refractivity contribution in [3.63, 3.8) is 0 Å². The van der Waals surface area contributed by atoms with Gasteiger partial charge in [-0.15, -0.1) is 11.3 Å². The summed E-state index contributed by atoms with van der Waals surface area (Å²) in [4.78, 5) is 4.54. The summed E-state index contributed by atoms with van der Waals surface area (Å²) in [5, 5.41) is 6.95. The Kier molecular flexibility index (Phi) is 4.29. The molecule has 3 atom stereocenters. The molecule has 0 saturated heterocycles. The minimum absolute atomic E-state index is 0.628. The maximum atomic E-state index is 4.54. The Morgan fingerprint density at radius 1 is 1.10 bits per heavy atom. The van der Waals surface area contributed by atoms with Crippen LogP contribution in [0.5, 0.6) is 0 Å². The number of rotatable bonds is 3. The summed E-state index contributed by atoms with van der Waals surface area (Å²) in [6.45, 7) is 6.81. The van der Waals surface area contributed by atoms with Gasteiger partial charge < -0.3 is 5.32 Å². The summed E-state index contributed by atoms with van der Waals surface area (Å²) in [7, 11) is 0. The van der Waals surface area contributed by atoms with Crippen molar-refractivity contribution >= 4 is 17.0 Å². The van der Waals surface area contributed by atoms with E-state index in [0.717, 1.165) is 22.5 Å². The molecule has 1 fully saturated rings. The fraction of sp³-hybridized carbons (Fsp3) is 0.500. The fourth-order valence-corrected chi connectivity index (χ4v) is 3.77. The number of benzene rings is 1. The Bertz CT molecular complexity index is 588. The van der Waals surface area contributed by atoms with Crippen LogP contribution >= 0.6 is 11.3 Å². The zero-order chi connectivity index (χ0) is 14.8. The molecule has 3 rings (SSSR count). The van der Waals surface area contributed by atoms with E-state index in [4.69, 9.17) is 0 Å². The third kappa shape index (κ3) is 3.46. The Labute approximate surface area is 131 Å². The number of nitrogens with one attached hydrogen (secondary N) is 1. The first-order chi connectivity index (χ1) is 10.1. The van der Waals surface area contributed by atoms with E-state index in [0.29, 0.717) is 6.04 Å². The van der Waals surface area contributed by atoms with Crippen molar-refractivity contribution in [2.75, 3.05) is 5.32 Å². The van der Waals surface area contributed by atoms with Crippen molar-refractivity contribution < 1.29 is 0 Å². The lowest BCUT2D eigenvalue weighted by Crippen LogP contribution is -2.30. The molecule has 1 aromatic carbocycles. The number of nitrogens with zero attached hydrogens (tertiary/aromatic N) is 1. The molecule has 0 amide bonds. The second-order valence-corrected chi connectivity index (χ2v) is 7.50. The van der Waals surface area contributed by atoms with Crippen LogP contribution < -0.4 is 5.32 Å². The second-order valence-electron chi connectivity index (χ2n) is 6.44. The zero-order valence-electron chi connectivity index (χ0n) is 13.1. The van der Waals surface area contributed by atoms with E-state index in [2.05, 4.69) is 60.7 Å².